The van der Waals surface area contributed by atoms with E-state index in [9.17, 15) is 34.1 Å². The zero-order valence-electron chi connectivity index (χ0n) is 29.9. The van der Waals surface area contributed by atoms with E-state index < -0.39 is 46.9 Å². The number of nitrogens with zero attached hydrogens (tertiary/aromatic N) is 4. The van der Waals surface area contributed by atoms with Gasteiger partial charge in [-0.3, -0.25) is 24.5 Å². The van der Waals surface area contributed by atoms with Crippen molar-refractivity contribution in [2.24, 2.45) is 16.8 Å². The predicted octanol–water partition coefficient (Wildman–Crippen LogP) is 2.68. The van der Waals surface area contributed by atoms with E-state index in [0.29, 0.717) is 17.9 Å². The summed E-state index contributed by atoms with van der Waals surface area (Å²) in [5.74, 6) is -2.04. The number of carbonyl (C=O) groups excluding carboxylic acids is 5. The predicted molar refractivity (Wildman–Crippen MR) is 191 cm³/mol. The number of non-ortho nitro benzene ring substituents is 1. The van der Waals surface area contributed by atoms with E-state index >= 15 is 0 Å². The molecular formula is C33H45N9O12. The molecule has 6 N–H and O–H groups in total. The van der Waals surface area contributed by atoms with Crippen molar-refractivity contribution in [2.45, 2.75) is 45.4 Å². The van der Waals surface area contributed by atoms with Gasteiger partial charge in [0.15, 0.2) is 0 Å². The summed E-state index contributed by atoms with van der Waals surface area (Å²) in [4.78, 5) is 75.3. The highest BCUT2D eigenvalue weighted by Crippen LogP contribution is 2.18. The van der Waals surface area contributed by atoms with Gasteiger partial charge < -0.3 is 50.7 Å². The molecule has 21 heteroatoms. The Bertz CT molecular complexity index is 1570. The van der Waals surface area contributed by atoms with Crippen LogP contribution in [-0.4, -0.2) is 99.6 Å². The van der Waals surface area contributed by atoms with Crippen LogP contribution in [0.25, 0.3) is 10.4 Å². The Morgan fingerprint density at radius 3 is 2.17 bits per heavy atom. The van der Waals surface area contributed by atoms with Crippen molar-refractivity contribution in [3.63, 3.8) is 0 Å². The first kappa shape index (κ1) is 44.1. The molecule has 294 valence electrons. The Morgan fingerprint density at radius 2 is 1.56 bits per heavy atom. The molecule has 0 heterocycles. The number of primary amides is 1. The van der Waals surface area contributed by atoms with Gasteiger partial charge in [-0.05, 0) is 54.1 Å². The maximum atomic E-state index is 13.3. The number of carbonyl (C=O) groups is 5. The number of nitro benzene ring substituents is 1. The molecule has 2 atom stereocenters. The normalized spacial score (nSPS) is 11.7. The molecule has 2 aromatic rings. The molecule has 2 rings (SSSR count). The highest BCUT2D eigenvalue weighted by molar-refractivity contribution is 5.98. The summed E-state index contributed by atoms with van der Waals surface area (Å²) >= 11 is 0. The summed E-state index contributed by atoms with van der Waals surface area (Å²) in [6.07, 6.45) is -0.635. The molecule has 0 unspecified atom stereocenters. The lowest BCUT2D eigenvalue weighted by molar-refractivity contribution is -0.384. The Kier molecular flexibility index (Phi) is 20.5. The number of amides is 5. The minimum absolute atomic E-state index is 0.0599. The minimum Gasteiger partial charge on any atom is -0.429 e. The number of nitrogens with two attached hydrogens (primary N) is 1. The summed E-state index contributed by atoms with van der Waals surface area (Å²) in [5.41, 5.74) is 14.1. The fourth-order valence-corrected chi connectivity index (χ4v) is 4.37. The molecule has 0 radical (unpaired) electrons. The highest BCUT2D eigenvalue weighted by atomic mass is 16.7. The van der Waals surface area contributed by atoms with Crippen LogP contribution in [0.1, 0.15) is 32.3 Å². The van der Waals surface area contributed by atoms with Crippen molar-refractivity contribution in [2.75, 3.05) is 58.0 Å². The van der Waals surface area contributed by atoms with Crippen molar-refractivity contribution in [3.05, 3.63) is 74.7 Å². The van der Waals surface area contributed by atoms with E-state index in [2.05, 4.69) is 31.3 Å². The smallest absolute Gasteiger partial charge is 0.429 e. The summed E-state index contributed by atoms with van der Waals surface area (Å²) in [5, 5.41) is 24.6. The topological polar surface area (TPSA) is 298 Å². The molecule has 0 fully saturated rings. The molecule has 0 bridgehead atoms. The highest BCUT2D eigenvalue weighted by Gasteiger charge is 2.29. The maximum absolute atomic E-state index is 13.3. The van der Waals surface area contributed by atoms with Gasteiger partial charge in [0.05, 0.1) is 38.0 Å². The Hall–Kier alpha value is -6.02. The van der Waals surface area contributed by atoms with Crippen LogP contribution in [-0.2, 0) is 39.9 Å². The van der Waals surface area contributed by atoms with Gasteiger partial charge in [0, 0.05) is 35.8 Å². The van der Waals surface area contributed by atoms with E-state index in [1.807, 2.05) is 0 Å². The van der Waals surface area contributed by atoms with Crippen molar-refractivity contribution >= 4 is 41.3 Å². The Morgan fingerprint density at radius 1 is 0.907 bits per heavy atom. The minimum atomic E-state index is -1.07. The van der Waals surface area contributed by atoms with Crippen LogP contribution in [0.3, 0.4) is 0 Å². The maximum Gasteiger partial charge on any atom is 0.514 e. The van der Waals surface area contributed by atoms with Gasteiger partial charge in [0.2, 0.25) is 17.7 Å². The van der Waals surface area contributed by atoms with Gasteiger partial charge in [-0.15, -0.1) is 0 Å². The number of ether oxygens (including phenoxy) is 5. The molecule has 21 nitrogen and oxygen atoms in total. The van der Waals surface area contributed by atoms with Crippen LogP contribution >= 0.6 is 0 Å². The number of nitro groups is 1. The van der Waals surface area contributed by atoms with E-state index in [0.717, 1.165) is 0 Å². The molecule has 0 aliphatic carbocycles. The van der Waals surface area contributed by atoms with Gasteiger partial charge >= 0.3 is 12.2 Å². The summed E-state index contributed by atoms with van der Waals surface area (Å²) < 4.78 is 26.0. The third kappa shape index (κ3) is 18.5. The third-order valence-electron chi connectivity index (χ3n) is 7.07. The second kappa shape index (κ2) is 25.0. The van der Waals surface area contributed by atoms with E-state index in [1.54, 1.807) is 38.1 Å². The fourth-order valence-electron chi connectivity index (χ4n) is 4.37. The van der Waals surface area contributed by atoms with Crippen LogP contribution in [0, 0.1) is 16.0 Å². The number of azide groups is 1. The van der Waals surface area contributed by atoms with Gasteiger partial charge in [-0.25, -0.2) is 9.59 Å². The molecule has 0 aromatic heterocycles. The zero-order valence-corrected chi connectivity index (χ0v) is 29.9. The number of anilines is 1. The largest absolute Gasteiger partial charge is 0.514 e. The van der Waals surface area contributed by atoms with Crippen molar-refractivity contribution in [1.29, 1.82) is 0 Å². The molecule has 54 heavy (non-hydrogen) atoms. The van der Waals surface area contributed by atoms with Crippen molar-refractivity contribution in [3.8, 4) is 5.75 Å². The van der Waals surface area contributed by atoms with E-state index in [1.165, 1.54) is 24.3 Å². The van der Waals surface area contributed by atoms with E-state index in [-0.39, 0.29) is 82.9 Å². The summed E-state index contributed by atoms with van der Waals surface area (Å²) in [6.45, 7) is 4.45. The Balaban J connectivity index is 1.89. The molecule has 0 saturated heterocycles. The fraction of sp³-hybridized carbons (Fsp3) is 0.485. The molecule has 0 aliphatic rings. The van der Waals surface area contributed by atoms with Crippen LogP contribution in [0.4, 0.5) is 21.0 Å². The molecular weight excluding hydrogens is 714 g/mol. The quantitative estimate of drug-likeness (QED) is 0.0143. The lowest BCUT2D eigenvalue weighted by Gasteiger charge is -2.25. The number of hydrogen-bond acceptors (Lipinski definition) is 13. The molecule has 5 amide bonds. The third-order valence-corrected chi connectivity index (χ3v) is 7.07. The lowest BCUT2D eigenvalue weighted by Crippen LogP contribution is -2.55. The zero-order chi connectivity index (χ0) is 39.7. The van der Waals surface area contributed by atoms with Crippen LogP contribution in [0.2, 0.25) is 0 Å². The van der Waals surface area contributed by atoms with Gasteiger partial charge in [0.1, 0.15) is 31.0 Å². The number of benzene rings is 2. The molecule has 0 aliphatic heterocycles. The standard InChI is InChI=1S/C33H45N9O12/c1-22(2)29(40-28(43)21-52-19-18-51-17-16-50-15-14-37-41-35)31(45)39-27(4-3-13-36-32(34)46)30(44)38-24-7-5-23(6-8-24)20-53-33(47)54-26-11-9-25(10-12-26)42(48)49/h5-12,22,27,29H,3-4,13-21H2,1-2H3,(H,38,44)(H,39,45)(H,40,43)(H3,34,36,46)/t27-,29-/m0/s1. The number of hydrogen-bond donors (Lipinski definition) is 5. The first-order chi connectivity index (χ1) is 25.9. The second-order valence-electron chi connectivity index (χ2n) is 11.6. The molecule has 2 aromatic carbocycles. The second-order valence-corrected chi connectivity index (χ2v) is 11.6. The van der Waals surface area contributed by atoms with Gasteiger partial charge in [-0.2, -0.15) is 0 Å². The Labute approximate surface area is 310 Å². The SMILES string of the molecule is CC(C)[C@H](NC(=O)COCCOCCOCCN=[N+]=[N-])C(=O)N[C@@H](CCCNC(N)=O)C(=O)Nc1ccc(COC(=O)Oc2ccc([N+](=O)[O-])cc2)cc1. The first-order valence-electron chi connectivity index (χ1n) is 16.8. The van der Waals surface area contributed by atoms with Crippen LogP contribution in [0.5, 0.6) is 5.75 Å². The monoisotopic (exact) mass is 759 g/mol. The van der Waals surface area contributed by atoms with Crippen molar-refractivity contribution in [1.82, 2.24) is 16.0 Å². The van der Waals surface area contributed by atoms with Crippen LogP contribution < -0.4 is 31.7 Å². The summed E-state index contributed by atoms with van der Waals surface area (Å²) in [6, 6.07) is 8.33. The van der Waals surface area contributed by atoms with Crippen molar-refractivity contribution < 1.29 is 52.6 Å². The average molecular weight is 760 g/mol. The molecule has 0 saturated carbocycles. The average Bonchev–Trinajstić information content (AvgIpc) is 3.13. The number of nitrogens with one attached hydrogen (secondary N) is 4. The van der Waals surface area contributed by atoms with E-state index in [4.69, 9.17) is 34.9 Å². The van der Waals surface area contributed by atoms with Crippen LogP contribution in [0.15, 0.2) is 53.6 Å². The number of rotatable bonds is 25. The number of urea groups is 1. The lowest BCUT2D eigenvalue weighted by atomic mass is 10.0. The summed E-state index contributed by atoms with van der Waals surface area (Å²) in [7, 11) is 0. The van der Waals surface area contributed by atoms with Gasteiger partial charge in [-0.1, -0.05) is 31.1 Å². The van der Waals surface area contributed by atoms with Gasteiger partial charge in [0.25, 0.3) is 5.69 Å². The first-order valence-corrected chi connectivity index (χ1v) is 16.8. The molecule has 0 spiro atoms.